The first-order chi connectivity index (χ1) is 10.9. The minimum atomic E-state index is -3.69. The van der Waals surface area contributed by atoms with Gasteiger partial charge in [0.1, 0.15) is 0 Å². The number of benzene rings is 2. The van der Waals surface area contributed by atoms with Gasteiger partial charge in [-0.05, 0) is 47.9 Å². The first-order valence-corrected chi connectivity index (χ1v) is 8.86. The van der Waals surface area contributed by atoms with Crippen LogP contribution in [0.15, 0.2) is 59.6 Å². The van der Waals surface area contributed by atoms with Gasteiger partial charge in [-0.1, -0.05) is 35.9 Å². The zero-order chi connectivity index (χ0) is 16.6. The SMILES string of the molecule is Cc1c[nH]c(-c2ccc(Cl)cc2)c1-c1ccc(S(N)(=O)=O)cc1. The van der Waals surface area contributed by atoms with Gasteiger partial charge in [-0.25, -0.2) is 13.6 Å². The summed E-state index contributed by atoms with van der Waals surface area (Å²) in [5.74, 6) is 0. The van der Waals surface area contributed by atoms with Crippen molar-refractivity contribution < 1.29 is 8.42 Å². The van der Waals surface area contributed by atoms with Crippen molar-refractivity contribution in [3.05, 3.63) is 65.3 Å². The van der Waals surface area contributed by atoms with Gasteiger partial charge in [0.25, 0.3) is 0 Å². The summed E-state index contributed by atoms with van der Waals surface area (Å²) in [6, 6.07) is 14.1. The molecule has 0 bridgehead atoms. The number of hydrogen-bond acceptors (Lipinski definition) is 2. The standard InChI is InChI=1S/C17H15ClN2O2S/c1-11-10-20-17(13-2-6-14(18)7-3-13)16(11)12-4-8-15(9-5-12)23(19,21)22/h2-10,20H,1H3,(H2,19,21,22). The van der Waals surface area contributed by atoms with Gasteiger partial charge in [-0.15, -0.1) is 0 Å². The average molecular weight is 347 g/mol. The Morgan fingerprint density at radius 2 is 1.52 bits per heavy atom. The van der Waals surface area contributed by atoms with E-state index in [0.29, 0.717) is 5.02 Å². The number of nitrogens with two attached hydrogens (primary N) is 1. The lowest BCUT2D eigenvalue weighted by Crippen LogP contribution is -2.11. The lowest BCUT2D eigenvalue weighted by Gasteiger charge is -2.08. The third kappa shape index (κ3) is 3.17. The molecule has 0 saturated heterocycles. The summed E-state index contributed by atoms with van der Waals surface area (Å²) < 4.78 is 22.8. The van der Waals surface area contributed by atoms with Gasteiger partial charge >= 0.3 is 0 Å². The highest BCUT2D eigenvalue weighted by atomic mass is 35.5. The van der Waals surface area contributed by atoms with Crippen LogP contribution in [0.3, 0.4) is 0 Å². The molecule has 1 heterocycles. The third-order valence-electron chi connectivity index (χ3n) is 3.68. The molecule has 6 heteroatoms. The van der Waals surface area contributed by atoms with Gasteiger partial charge < -0.3 is 4.98 Å². The van der Waals surface area contributed by atoms with E-state index in [4.69, 9.17) is 16.7 Å². The molecule has 0 radical (unpaired) electrons. The van der Waals surface area contributed by atoms with E-state index < -0.39 is 10.0 Å². The molecule has 2 aromatic carbocycles. The van der Waals surface area contributed by atoms with Crippen LogP contribution in [-0.2, 0) is 10.0 Å². The monoisotopic (exact) mass is 346 g/mol. The Labute approximate surface area is 140 Å². The highest BCUT2D eigenvalue weighted by Crippen LogP contribution is 2.34. The molecule has 4 nitrogen and oxygen atoms in total. The number of halogens is 1. The Bertz CT molecular complexity index is 943. The van der Waals surface area contributed by atoms with Crippen molar-refractivity contribution in [2.75, 3.05) is 0 Å². The number of nitrogens with one attached hydrogen (secondary N) is 1. The Morgan fingerprint density at radius 1 is 0.957 bits per heavy atom. The summed E-state index contributed by atoms with van der Waals surface area (Å²) in [4.78, 5) is 3.37. The van der Waals surface area contributed by atoms with Crippen LogP contribution in [0.25, 0.3) is 22.4 Å². The van der Waals surface area contributed by atoms with Crippen molar-refractivity contribution in [1.82, 2.24) is 4.98 Å². The maximum Gasteiger partial charge on any atom is 0.238 e. The molecule has 0 aliphatic carbocycles. The Morgan fingerprint density at radius 3 is 2.09 bits per heavy atom. The van der Waals surface area contributed by atoms with Crippen LogP contribution < -0.4 is 5.14 Å². The van der Waals surface area contributed by atoms with E-state index in [0.717, 1.165) is 27.9 Å². The molecular weight excluding hydrogens is 332 g/mol. The first-order valence-electron chi connectivity index (χ1n) is 6.93. The molecule has 3 aromatic rings. The van der Waals surface area contributed by atoms with Crippen LogP contribution in [0.1, 0.15) is 5.56 Å². The van der Waals surface area contributed by atoms with Gasteiger partial charge in [0, 0.05) is 16.8 Å². The fourth-order valence-electron chi connectivity index (χ4n) is 2.55. The van der Waals surface area contributed by atoms with Crippen LogP contribution in [0.4, 0.5) is 0 Å². The van der Waals surface area contributed by atoms with E-state index in [9.17, 15) is 8.42 Å². The summed E-state index contributed by atoms with van der Waals surface area (Å²) in [6.07, 6.45) is 1.92. The molecular formula is C17H15ClN2O2S. The quantitative estimate of drug-likeness (QED) is 0.753. The van der Waals surface area contributed by atoms with Gasteiger partial charge in [-0.2, -0.15) is 0 Å². The van der Waals surface area contributed by atoms with Gasteiger partial charge in [-0.3, -0.25) is 0 Å². The van der Waals surface area contributed by atoms with Gasteiger partial charge in [0.15, 0.2) is 0 Å². The van der Waals surface area contributed by atoms with Crippen LogP contribution in [0.5, 0.6) is 0 Å². The molecule has 3 rings (SSSR count). The molecule has 0 spiro atoms. The fourth-order valence-corrected chi connectivity index (χ4v) is 3.19. The molecule has 0 fully saturated rings. The molecule has 0 atom stereocenters. The highest BCUT2D eigenvalue weighted by molar-refractivity contribution is 7.89. The highest BCUT2D eigenvalue weighted by Gasteiger charge is 2.14. The second-order valence-electron chi connectivity index (χ2n) is 5.30. The maximum absolute atomic E-state index is 11.4. The Kier molecular flexibility index (Phi) is 4.02. The maximum atomic E-state index is 11.4. The predicted molar refractivity (Wildman–Crippen MR) is 92.8 cm³/mol. The van der Waals surface area contributed by atoms with E-state index in [2.05, 4.69) is 4.98 Å². The van der Waals surface area contributed by atoms with E-state index in [-0.39, 0.29) is 4.90 Å². The van der Waals surface area contributed by atoms with Gasteiger partial charge in [0.05, 0.1) is 10.6 Å². The number of hydrogen-bond donors (Lipinski definition) is 2. The number of sulfonamides is 1. The Balaban J connectivity index is 2.10. The van der Waals surface area contributed by atoms with Crippen molar-refractivity contribution >= 4 is 21.6 Å². The number of aryl methyl sites for hydroxylation is 1. The number of aromatic nitrogens is 1. The molecule has 0 aliphatic rings. The van der Waals surface area contributed by atoms with Crippen LogP contribution in [0.2, 0.25) is 5.02 Å². The Hall–Kier alpha value is -2.08. The number of rotatable bonds is 3. The topological polar surface area (TPSA) is 76.0 Å². The summed E-state index contributed by atoms with van der Waals surface area (Å²) in [6.45, 7) is 2.00. The predicted octanol–water partition coefficient (Wildman–Crippen LogP) is 3.96. The minimum absolute atomic E-state index is 0.0995. The van der Waals surface area contributed by atoms with Crippen LogP contribution in [-0.4, -0.2) is 13.4 Å². The van der Waals surface area contributed by atoms with Gasteiger partial charge in [0.2, 0.25) is 10.0 Å². The molecule has 0 saturated carbocycles. The molecule has 23 heavy (non-hydrogen) atoms. The van der Waals surface area contributed by atoms with E-state index in [1.807, 2.05) is 37.4 Å². The van der Waals surface area contributed by atoms with Crippen molar-refractivity contribution in [3.63, 3.8) is 0 Å². The van der Waals surface area contributed by atoms with Crippen molar-refractivity contribution in [1.29, 1.82) is 0 Å². The summed E-state index contributed by atoms with van der Waals surface area (Å²) >= 11 is 5.94. The zero-order valence-corrected chi connectivity index (χ0v) is 13.9. The summed E-state index contributed by atoms with van der Waals surface area (Å²) in [7, 11) is -3.69. The number of H-pyrrole nitrogens is 1. The minimum Gasteiger partial charge on any atom is -0.360 e. The van der Waals surface area contributed by atoms with E-state index in [1.54, 1.807) is 12.1 Å². The zero-order valence-electron chi connectivity index (χ0n) is 12.4. The number of primary sulfonamides is 1. The fraction of sp³-hybridized carbons (Fsp3) is 0.0588. The molecule has 0 aliphatic heterocycles. The summed E-state index contributed by atoms with van der Waals surface area (Å²) in [5, 5.41) is 5.82. The lowest BCUT2D eigenvalue weighted by molar-refractivity contribution is 0.598. The number of aromatic amines is 1. The van der Waals surface area contributed by atoms with Crippen LogP contribution in [0, 0.1) is 6.92 Å². The third-order valence-corrected chi connectivity index (χ3v) is 4.86. The average Bonchev–Trinajstić information content (AvgIpc) is 2.89. The molecule has 1 aromatic heterocycles. The lowest BCUT2D eigenvalue weighted by atomic mass is 9.98. The first kappa shape index (κ1) is 15.8. The normalized spacial score (nSPS) is 11.6. The van der Waals surface area contributed by atoms with E-state index >= 15 is 0 Å². The largest absolute Gasteiger partial charge is 0.360 e. The van der Waals surface area contributed by atoms with E-state index in [1.165, 1.54) is 12.1 Å². The molecule has 0 amide bonds. The van der Waals surface area contributed by atoms with Crippen molar-refractivity contribution in [2.45, 2.75) is 11.8 Å². The molecule has 0 unspecified atom stereocenters. The summed E-state index contributed by atoms with van der Waals surface area (Å²) in [5.41, 5.74) is 4.98. The van der Waals surface area contributed by atoms with Crippen LogP contribution >= 0.6 is 11.6 Å². The smallest absolute Gasteiger partial charge is 0.238 e. The van der Waals surface area contributed by atoms with Crippen molar-refractivity contribution in [3.8, 4) is 22.4 Å². The second-order valence-corrected chi connectivity index (χ2v) is 7.30. The molecule has 3 N–H and O–H groups in total. The second kappa shape index (κ2) is 5.85. The van der Waals surface area contributed by atoms with Crippen molar-refractivity contribution in [2.24, 2.45) is 5.14 Å². The molecule has 118 valence electrons.